The molecule has 0 N–H and O–H groups in total. The molecule has 2 heterocycles. The highest BCUT2D eigenvalue weighted by atomic mass is 79.9. The Labute approximate surface area is 99.0 Å². The van der Waals surface area contributed by atoms with Crippen molar-refractivity contribution in [2.45, 2.75) is 38.6 Å². The quantitative estimate of drug-likeness (QED) is 0.827. The lowest BCUT2D eigenvalue weighted by Crippen LogP contribution is -2.21. The van der Waals surface area contributed by atoms with Gasteiger partial charge in [-0.1, -0.05) is 13.8 Å². The minimum absolute atomic E-state index is 0.471. The first-order valence-corrected chi connectivity index (χ1v) is 6.30. The van der Waals surface area contributed by atoms with Crippen molar-refractivity contribution in [1.82, 2.24) is 9.55 Å². The molecule has 4 heteroatoms. The Morgan fingerprint density at radius 3 is 2.73 bits per heavy atom. The second-order valence-corrected chi connectivity index (χ2v) is 5.14. The van der Waals surface area contributed by atoms with Crippen molar-refractivity contribution in [3.05, 3.63) is 16.6 Å². The maximum atomic E-state index is 5.38. The van der Waals surface area contributed by atoms with Crippen molar-refractivity contribution in [1.29, 1.82) is 0 Å². The summed E-state index contributed by atoms with van der Waals surface area (Å²) >= 11 is 3.45. The standard InChI is InChI=1S/C11H17BrN2O/c1-8(2)11-13-10(12)7-14(11)9-3-5-15-6-4-9/h7-9H,3-6H2,1-2H3. The molecule has 1 aromatic heterocycles. The molecule has 1 fully saturated rings. The zero-order valence-corrected chi connectivity index (χ0v) is 10.8. The van der Waals surface area contributed by atoms with Crippen LogP contribution in [0.3, 0.4) is 0 Å². The summed E-state index contributed by atoms with van der Waals surface area (Å²) in [6, 6.07) is 0.565. The van der Waals surface area contributed by atoms with Crippen LogP contribution in [0.2, 0.25) is 0 Å². The number of hydrogen-bond acceptors (Lipinski definition) is 2. The lowest BCUT2D eigenvalue weighted by atomic mass is 10.1. The molecule has 0 atom stereocenters. The maximum absolute atomic E-state index is 5.38. The van der Waals surface area contributed by atoms with Crippen LogP contribution < -0.4 is 0 Å². The van der Waals surface area contributed by atoms with E-state index in [1.54, 1.807) is 0 Å². The first-order valence-electron chi connectivity index (χ1n) is 5.50. The third-order valence-corrected chi connectivity index (χ3v) is 3.21. The highest BCUT2D eigenvalue weighted by Crippen LogP contribution is 2.27. The summed E-state index contributed by atoms with van der Waals surface area (Å²) in [6.07, 6.45) is 4.30. The van der Waals surface area contributed by atoms with E-state index in [2.05, 4.69) is 45.5 Å². The van der Waals surface area contributed by atoms with Gasteiger partial charge in [0.05, 0.1) is 0 Å². The van der Waals surface area contributed by atoms with Crippen LogP contribution in [0.15, 0.2) is 10.8 Å². The molecule has 1 saturated heterocycles. The summed E-state index contributed by atoms with van der Waals surface area (Å²) in [5.74, 6) is 1.65. The molecule has 84 valence electrons. The summed E-state index contributed by atoms with van der Waals surface area (Å²) in [4.78, 5) is 4.52. The molecular weight excluding hydrogens is 256 g/mol. The predicted octanol–water partition coefficient (Wildman–Crippen LogP) is 3.12. The van der Waals surface area contributed by atoms with Gasteiger partial charge in [-0.25, -0.2) is 4.98 Å². The third-order valence-electron chi connectivity index (χ3n) is 2.83. The Morgan fingerprint density at radius 2 is 2.13 bits per heavy atom. The Balaban J connectivity index is 2.25. The van der Waals surface area contributed by atoms with Crippen LogP contribution >= 0.6 is 15.9 Å². The van der Waals surface area contributed by atoms with E-state index in [1.807, 2.05) is 0 Å². The molecule has 0 radical (unpaired) electrons. The average Bonchev–Trinajstić information content (AvgIpc) is 2.62. The molecule has 3 nitrogen and oxygen atoms in total. The second-order valence-electron chi connectivity index (χ2n) is 4.33. The molecule has 0 aromatic carbocycles. The van der Waals surface area contributed by atoms with Crippen molar-refractivity contribution in [2.75, 3.05) is 13.2 Å². The van der Waals surface area contributed by atoms with Crippen molar-refractivity contribution in [2.24, 2.45) is 0 Å². The predicted molar refractivity (Wildman–Crippen MR) is 63.1 cm³/mol. The molecule has 1 aromatic rings. The van der Waals surface area contributed by atoms with Crippen molar-refractivity contribution in [3.63, 3.8) is 0 Å². The van der Waals surface area contributed by atoms with E-state index in [4.69, 9.17) is 4.74 Å². The first kappa shape index (κ1) is 11.1. The fourth-order valence-electron chi connectivity index (χ4n) is 2.06. The molecule has 0 amide bonds. The normalized spacial score (nSPS) is 18.7. The fraction of sp³-hybridized carbons (Fsp3) is 0.727. The van der Waals surface area contributed by atoms with Gasteiger partial charge in [-0.2, -0.15) is 0 Å². The van der Waals surface area contributed by atoms with E-state index in [0.717, 1.165) is 30.7 Å². The lowest BCUT2D eigenvalue weighted by molar-refractivity contribution is 0.0686. The first-order chi connectivity index (χ1) is 7.18. The maximum Gasteiger partial charge on any atom is 0.124 e. The van der Waals surface area contributed by atoms with Crippen molar-refractivity contribution >= 4 is 15.9 Å². The highest BCUT2D eigenvalue weighted by molar-refractivity contribution is 9.10. The van der Waals surface area contributed by atoms with Crippen LogP contribution in [0.5, 0.6) is 0 Å². The van der Waals surface area contributed by atoms with Gasteiger partial charge in [-0.15, -0.1) is 0 Å². The molecule has 1 aliphatic heterocycles. The minimum Gasteiger partial charge on any atom is -0.381 e. The number of rotatable bonds is 2. The number of halogens is 1. The van der Waals surface area contributed by atoms with Crippen LogP contribution in [-0.4, -0.2) is 22.8 Å². The average molecular weight is 273 g/mol. The Hall–Kier alpha value is -0.350. The van der Waals surface area contributed by atoms with E-state index < -0.39 is 0 Å². The Kier molecular flexibility index (Phi) is 3.46. The molecule has 2 rings (SSSR count). The van der Waals surface area contributed by atoms with Gasteiger partial charge in [0.2, 0.25) is 0 Å². The molecule has 15 heavy (non-hydrogen) atoms. The highest BCUT2D eigenvalue weighted by Gasteiger charge is 2.20. The van der Waals surface area contributed by atoms with E-state index >= 15 is 0 Å². The Bertz CT molecular complexity index is 329. The number of aromatic nitrogens is 2. The van der Waals surface area contributed by atoms with Crippen LogP contribution in [0.4, 0.5) is 0 Å². The van der Waals surface area contributed by atoms with Gasteiger partial charge in [0.15, 0.2) is 0 Å². The SMILES string of the molecule is CC(C)c1nc(Br)cn1C1CCOCC1. The summed E-state index contributed by atoms with van der Waals surface area (Å²) in [7, 11) is 0. The zero-order valence-electron chi connectivity index (χ0n) is 9.24. The molecule has 0 saturated carbocycles. The summed E-state index contributed by atoms with van der Waals surface area (Å²) in [5, 5.41) is 0. The fourth-order valence-corrected chi connectivity index (χ4v) is 2.46. The largest absolute Gasteiger partial charge is 0.381 e. The summed E-state index contributed by atoms with van der Waals surface area (Å²) in [5.41, 5.74) is 0. The van der Waals surface area contributed by atoms with Crippen LogP contribution in [-0.2, 0) is 4.74 Å². The molecular formula is C11H17BrN2O. The van der Waals surface area contributed by atoms with Gasteiger partial charge in [-0.3, -0.25) is 0 Å². The number of imidazole rings is 1. The van der Waals surface area contributed by atoms with Crippen molar-refractivity contribution in [3.8, 4) is 0 Å². The van der Waals surface area contributed by atoms with Gasteiger partial charge in [0.25, 0.3) is 0 Å². The summed E-state index contributed by atoms with van der Waals surface area (Å²) < 4.78 is 8.64. The van der Waals surface area contributed by atoms with E-state index in [1.165, 1.54) is 5.82 Å². The number of nitrogens with zero attached hydrogens (tertiary/aromatic N) is 2. The van der Waals surface area contributed by atoms with Gasteiger partial charge < -0.3 is 9.30 Å². The Morgan fingerprint density at radius 1 is 1.47 bits per heavy atom. The molecule has 0 aliphatic carbocycles. The minimum atomic E-state index is 0.471. The van der Waals surface area contributed by atoms with Gasteiger partial charge >= 0.3 is 0 Å². The van der Waals surface area contributed by atoms with E-state index in [0.29, 0.717) is 12.0 Å². The molecule has 0 spiro atoms. The van der Waals surface area contributed by atoms with Gasteiger partial charge in [0.1, 0.15) is 10.4 Å². The second kappa shape index (κ2) is 4.66. The third kappa shape index (κ3) is 2.42. The van der Waals surface area contributed by atoms with Gasteiger partial charge in [0, 0.05) is 31.4 Å². The van der Waals surface area contributed by atoms with Crippen LogP contribution in [0.1, 0.15) is 44.5 Å². The van der Waals surface area contributed by atoms with Gasteiger partial charge in [-0.05, 0) is 28.8 Å². The molecule has 1 aliphatic rings. The molecule has 0 bridgehead atoms. The van der Waals surface area contributed by atoms with Crippen LogP contribution in [0, 0.1) is 0 Å². The topological polar surface area (TPSA) is 27.1 Å². The van der Waals surface area contributed by atoms with Crippen molar-refractivity contribution < 1.29 is 4.74 Å². The molecule has 0 unspecified atom stereocenters. The number of ether oxygens (including phenoxy) is 1. The van der Waals surface area contributed by atoms with E-state index in [9.17, 15) is 0 Å². The lowest BCUT2D eigenvalue weighted by Gasteiger charge is -2.25. The monoisotopic (exact) mass is 272 g/mol. The van der Waals surface area contributed by atoms with E-state index in [-0.39, 0.29) is 0 Å². The number of hydrogen-bond donors (Lipinski definition) is 0. The smallest absolute Gasteiger partial charge is 0.124 e. The van der Waals surface area contributed by atoms with Crippen LogP contribution in [0.25, 0.3) is 0 Å². The zero-order chi connectivity index (χ0) is 10.8. The summed E-state index contributed by atoms with van der Waals surface area (Å²) in [6.45, 7) is 6.12.